The third-order valence-electron chi connectivity index (χ3n) is 4.00. The van der Waals surface area contributed by atoms with Gasteiger partial charge >= 0.3 is 0 Å². The molecule has 0 saturated heterocycles. The molecular formula is C17H15ClFNO. The number of benzene rings is 2. The van der Waals surface area contributed by atoms with Gasteiger partial charge in [0.05, 0.1) is 10.6 Å². The summed E-state index contributed by atoms with van der Waals surface area (Å²) in [5.41, 5.74) is 1.60. The second-order valence-electron chi connectivity index (χ2n) is 5.45. The molecule has 0 bridgehead atoms. The summed E-state index contributed by atoms with van der Waals surface area (Å²) < 4.78 is 13.0. The van der Waals surface area contributed by atoms with Gasteiger partial charge in [0.25, 0.3) is 5.91 Å². The fourth-order valence-electron chi connectivity index (χ4n) is 2.53. The Kier molecular flexibility index (Phi) is 3.68. The van der Waals surface area contributed by atoms with Crippen molar-refractivity contribution in [3.8, 4) is 0 Å². The van der Waals surface area contributed by atoms with Crippen LogP contribution in [0.4, 0.5) is 4.39 Å². The van der Waals surface area contributed by atoms with Crippen molar-refractivity contribution in [1.82, 2.24) is 5.32 Å². The molecule has 0 aliphatic heterocycles. The fraction of sp³-hybridized carbons (Fsp3) is 0.235. The lowest BCUT2D eigenvalue weighted by Crippen LogP contribution is -2.32. The Morgan fingerprint density at radius 3 is 2.52 bits per heavy atom. The van der Waals surface area contributed by atoms with Crippen LogP contribution >= 0.6 is 11.6 Å². The number of nitrogens with one attached hydrogen (secondary N) is 1. The van der Waals surface area contributed by atoms with Crippen LogP contribution in [0.5, 0.6) is 0 Å². The highest BCUT2D eigenvalue weighted by atomic mass is 35.5. The van der Waals surface area contributed by atoms with Crippen LogP contribution in [0.1, 0.15) is 28.8 Å². The van der Waals surface area contributed by atoms with Crippen LogP contribution in [0.2, 0.25) is 5.02 Å². The highest BCUT2D eigenvalue weighted by Gasteiger charge is 2.44. The zero-order valence-corrected chi connectivity index (χ0v) is 12.2. The van der Waals surface area contributed by atoms with Crippen LogP contribution in [0.15, 0.2) is 48.5 Å². The Bertz CT molecular complexity index is 668. The molecule has 0 spiro atoms. The normalized spacial score (nSPS) is 15.5. The van der Waals surface area contributed by atoms with Crippen LogP contribution in [0, 0.1) is 5.82 Å². The van der Waals surface area contributed by atoms with E-state index in [0.717, 1.165) is 18.9 Å². The molecule has 0 heterocycles. The van der Waals surface area contributed by atoms with E-state index in [-0.39, 0.29) is 16.3 Å². The van der Waals surface area contributed by atoms with Crippen LogP contribution in [-0.2, 0) is 5.41 Å². The van der Waals surface area contributed by atoms with Crippen molar-refractivity contribution in [2.24, 2.45) is 0 Å². The summed E-state index contributed by atoms with van der Waals surface area (Å²) in [6, 6.07) is 14.0. The van der Waals surface area contributed by atoms with Crippen molar-refractivity contribution >= 4 is 17.5 Å². The Morgan fingerprint density at radius 2 is 1.90 bits per heavy atom. The molecule has 1 amide bonds. The summed E-state index contributed by atoms with van der Waals surface area (Å²) in [5.74, 6) is -0.707. The highest BCUT2D eigenvalue weighted by molar-refractivity contribution is 6.33. The maximum atomic E-state index is 13.0. The van der Waals surface area contributed by atoms with Gasteiger partial charge in [0.15, 0.2) is 0 Å². The number of carbonyl (C=O) groups excluding carboxylic acids is 1. The second kappa shape index (κ2) is 5.49. The first kappa shape index (κ1) is 14.1. The van der Waals surface area contributed by atoms with Crippen LogP contribution in [0.3, 0.4) is 0 Å². The number of rotatable bonds is 4. The van der Waals surface area contributed by atoms with Crippen molar-refractivity contribution < 1.29 is 9.18 Å². The molecule has 0 radical (unpaired) electrons. The summed E-state index contributed by atoms with van der Waals surface area (Å²) in [7, 11) is 0. The van der Waals surface area contributed by atoms with E-state index in [1.54, 1.807) is 0 Å². The lowest BCUT2D eigenvalue weighted by atomic mass is 9.96. The number of hydrogen-bond donors (Lipinski definition) is 1. The van der Waals surface area contributed by atoms with Gasteiger partial charge in [0.2, 0.25) is 0 Å². The molecule has 0 unspecified atom stereocenters. The Morgan fingerprint density at radius 1 is 1.19 bits per heavy atom. The van der Waals surface area contributed by atoms with E-state index in [2.05, 4.69) is 17.4 Å². The first-order valence-corrected chi connectivity index (χ1v) is 7.27. The Balaban J connectivity index is 1.69. The first-order valence-electron chi connectivity index (χ1n) is 6.90. The van der Waals surface area contributed by atoms with E-state index in [1.165, 1.54) is 17.7 Å². The molecule has 2 aromatic rings. The maximum Gasteiger partial charge on any atom is 0.252 e. The van der Waals surface area contributed by atoms with Crippen molar-refractivity contribution in [1.29, 1.82) is 0 Å². The lowest BCUT2D eigenvalue weighted by molar-refractivity contribution is 0.0950. The Hall–Kier alpha value is -1.87. The van der Waals surface area contributed by atoms with E-state index < -0.39 is 5.82 Å². The lowest BCUT2D eigenvalue weighted by Gasteiger charge is -2.17. The number of hydrogen-bond acceptors (Lipinski definition) is 1. The van der Waals surface area contributed by atoms with Crippen molar-refractivity contribution in [2.75, 3.05) is 6.54 Å². The van der Waals surface area contributed by atoms with E-state index in [1.807, 2.05) is 18.2 Å². The van der Waals surface area contributed by atoms with Gasteiger partial charge in [-0.25, -0.2) is 4.39 Å². The van der Waals surface area contributed by atoms with Gasteiger partial charge in [-0.05, 0) is 36.6 Å². The van der Waals surface area contributed by atoms with Crippen LogP contribution in [-0.4, -0.2) is 12.5 Å². The molecule has 2 nitrogen and oxygen atoms in total. The molecule has 2 aromatic carbocycles. The smallest absolute Gasteiger partial charge is 0.252 e. The van der Waals surface area contributed by atoms with Crippen molar-refractivity contribution in [3.63, 3.8) is 0 Å². The molecule has 1 aliphatic rings. The molecule has 3 rings (SSSR count). The third-order valence-corrected chi connectivity index (χ3v) is 4.32. The number of amides is 1. The fourth-order valence-corrected chi connectivity index (χ4v) is 2.78. The predicted molar refractivity (Wildman–Crippen MR) is 81.1 cm³/mol. The van der Waals surface area contributed by atoms with Crippen molar-refractivity contribution in [2.45, 2.75) is 18.3 Å². The molecule has 108 valence electrons. The Labute approximate surface area is 127 Å². The van der Waals surface area contributed by atoms with Gasteiger partial charge in [-0.1, -0.05) is 41.9 Å². The van der Waals surface area contributed by atoms with Gasteiger partial charge in [-0.15, -0.1) is 0 Å². The van der Waals surface area contributed by atoms with Gasteiger partial charge in [-0.2, -0.15) is 0 Å². The minimum absolute atomic E-state index is 0.0451. The average molecular weight is 304 g/mol. The van der Waals surface area contributed by atoms with Gasteiger partial charge < -0.3 is 5.32 Å². The molecular weight excluding hydrogens is 289 g/mol. The molecule has 1 fully saturated rings. The summed E-state index contributed by atoms with van der Waals surface area (Å²) in [6.07, 6.45) is 2.13. The van der Waals surface area contributed by atoms with Gasteiger partial charge in [0, 0.05) is 12.0 Å². The third kappa shape index (κ3) is 2.93. The predicted octanol–water partition coefficient (Wildman–Crippen LogP) is 3.94. The van der Waals surface area contributed by atoms with Gasteiger partial charge in [-0.3, -0.25) is 4.79 Å². The van der Waals surface area contributed by atoms with Gasteiger partial charge in [0.1, 0.15) is 5.82 Å². The van der Waals surface area contributed by atoms with E-state index in [4.69, 9.17) is 11.6 Å². The van der Waals surface area contributed by atoms with Crippen LogP contribution in [0.25, 0.3) is 0 Å². The minimum Gasteiger partial charge on any atom is -0.351 e. The maximum absolute atomic E-state index is 13.0. The zero-order valence-electron chi connectivity index (χ0n) is 11.4. The topological polar surface area (TPSA) is 29.1 Å². The van der Waals surface area contributed by atoms with Crippen molar-refractivity contribution in [3.05, 3.63) is 70.5 Å². The quantitative estimate of drug-likeness (QED) is 0.910. The van der Waals surface area contributed by atoms with E-state index >= 15 is 0 Å². The van der Waals surface area contributed by atoms with Crippen LogP contribution < -0.4 is 5.32 Å². The standard InChI is InChI=1S/C17H15ClFNO/c18-15-10-13(19)6-7-14(15)16(21)20-11-17(8-9-17)12-4-2-1-3-5-12/h1-7,10H,8-9,11H2,(H,20,21). The highest BCUT2D eigenvalue weighted by Crippen LogP contribution is 2.47. The molecule has 0 atom stereocenters. The molecule has 4 heteroatoms. The summed E-state index contributed by atoms with van der Waals surface area (Å²) in [4.78, 5) is 12.2. The average Bonchev–Trinajstić information content (AvgIpc) is 3.27. The first-order chi connectivity index (χ1) is 10.1. The minimum atomic E-state index is -0.445. The number of halogens is 2. The molecule has 0 aromatic heterocycles. The molecule has 21 heavy (non-hydrogen) atoms. The van der Waals surface area contributed by atoms with E-state index in [9.17, 15) is 9.18 Å². The summed E-state index contributed by atoms with van der Waals surface area (Å²) >= 11 is 5.91. The van der Waals surface area contributed by atoms with E-state index in [0.29, 0.717) is 12.1 Å². The number of carbonyl (C=O) groups is 1. The largest absolute Gasteiger partial charge is 0.351 e. The molecule has 1 N–H and O–H groups in total. The summed E-state index contributed by atoms with van der Waals surface area (Å²) in [6.45, 7) is 0.573. The SMILES string of the molecule is O=C(NCC1(c2ccccc2)CC1)c1ccc(F)cc1Cl. The molecule has 1 aliphatic carbocycles. The zero-order chi connectivity index (χ0) is 14.9. The second-order valence-corrected chi connectivity index (χ2v) is 5.86. The molecule has 1 saturated carbocycles. The monoisotopic (exact) mass is 303 g/mol. The summed E-state index contributed by atoms with van der Waals surface area (Å²) in [5, 5.41) is 3.05.